The number of carbonyl (C=O) groups excluding carboxylic acids is 1. The SMILES string of the molecule is C=CCn1c(C=O)nc2c1c(=O)n(C)c(=O)n2CCCC. The van der Waals surface area contributed by atoms with Gasteiger partial charge < -0.3 is 4.57 Å². The van der Waals surface area contributed by atoms with Gasteiger partial charge in [0, 0.05) is 20.1 Å². The van der Waals surface area contributed by atoms with Crippen molar-refractivity contribution in [2.75, 3.05) is 0 Å². The van der Waals surface area contributed by atoms with Crippen molar-refractivity contribution in [1.82, 2.24) is 18.7 Å². The summed E-state index contributed by atoms with van der Waals surface area (Å²) >= 11 is 0. The van der Waals surface area contributed by atoms with Gasteiger partial charge in [0.25, 0.3) is 5.56 Å². The van der Waals surface area contributed by atoms with Gasteiger partial charge in [-0.05, 0) is 6.42 Å². The van der Waals surface area contributed by atoms with E-state index in [9.17, 15) is 14.4 Å². The van der Waals surface area contributed by atoms with E-state index >= 15 is 0 Å². The molecule has 2 aromatic heterocycles. The first-order valence-corrected chi connectivity index (χ1v) is 6.82. The molecule has 21 heavy (non-hydrogen) atoms. The Morgan fingerprint density at radius 2 is 2.00 bits per heavy atom. The van der Waals surface area contributed by atoms with Gasteiger partial charge in [0.05, 0.1) is 0 Å². The maximum absolute atomic E-state index is 12.3. The van der Waals surface area contributed by atoms with Crippen molar-refractivity contribution in [3.63, 3.8) is 0 Å². The molecule has 7 heteroatoms. The smallest absolute Gasteiger partial charge is 0.312 e. The quantitative estimate of drug-likeness (QED) is 0.579. The van der Waals surface area contributed by atoms with Crippen LogP contribution in [-0.2, 0) is 20.1 Å². The number of hydrogen-bond acceptors (Lipinski definition) is 4. The monoisotopic (exact) mass is 290 g/mol. The minimum Gasteiger partial charge on any atom is -0.312 e. The van der Waals surface area contributed by atoms with Crippen molar-refractivity contribution in [2.45, 2.75) is 32.9 Å². The Balaban J connectivity index is 2.91. The number of hydrogen-bond donors (Lipinski definition) is 0. The third kappa shape index (κ3) is 2.35. The van der Waals surface area contributed by atoms with Gasteiger partial charge in [-0.25, -0.2) is 9.78 Å². The Kier molecular flexibility index (Phi) is 4.21. The Morgan fingerprint density at radius 1 is 1.29 bits per heavy atom. The van der Waals surface area contributed by atoms with Crippen molar-refractivity contribution >= 4 is 17.5 Å². The second kappa shape index (κ2) is 5.90. The number of fused-ring (bicyclic) bond motifs is 1. The lowest BCUT2D eigenvalue weighted by Gasteiger charge is -2.09. The van der Waals surface area contributed by atoms with Crippen LogP contribution in [0.3, 0.4) is 0 Å². The predicted molar refractivity (Wildman–Crippen MR) is 79.7 cm³/mol. The van der Waals surface area contributed by atoms with Crippen molar-refractivity contribution in [2.24, 2.45) is 7.05 Å². The van der Waals surface area contributed by atoms with Gasteiger partial charge in [0.1, 0.15) is 0 Å². The molecule has 2 aromatic rings. The highest BCUT2D eigenvalue weighted by molar-refractivity contribution is 5.80. The first-order valence-electron chi connectivity index (χ1n) is 6.82. The number of imidazole rings is 1. The summed E-state index contributed by atoms with van der Waals surface area (Å²) in [6, 6.07) is 0. The summed E-state index contributed by atoms with van der Waals surface area (Å²) in [7, 11) is 1.43. The van der Waals surface area contributed by atoms with Gasteiger partial charge >= 0.3 is 5.69 Å². The molecule has 2 heterocycles. The molecule has 0 atom stereocenters. The summed E-state index contributed by atoms with van der Waals surface area (Å²) in [6.45, 7) is 6.37. The Labute approximate surface area is 121 Å². The average molecular weight is 290 g/mol. The molecule has 0 aliphatic heterocycles. The van der Waals surface area contributed by atoms with Crippen LogP contribution in [-0.4, -0.2) is 25.0 Å². The average Bonchev–Trinajstić information content (AvgIpc) is 2.84. The molecule has 0 aromatic carbocycles. The fourth-order valence-electron chi connectivity index (χ4n) is 2.30. The van der Waals surface area contributed by atoms with E-state index in [-0.39, 0.29) is 23.5 Å². The molecule has 0 amide bonds. The number of aromatic nitrogens is 4. The van der Waals surface area contributed by atoms with E-state index in [1.165, 1.54) is 16.2 Å². The first-order chi connectivity index (χ1) is 10.1. The lowest BCUT2D eigenvalue weighted by molar-refractivity contribution is 0.111. The third-order valence-corrected chi connectivity index (χ3v) is 3.41. The molecule has 0 aliphatic carbocycles. The second-order valence-electron chi connectivity index (χ2n) is 4.81. The fraction of sp³-hybridized carbons (Fsp3) is 0.429. The zero-order chi connectivity index (χ0) is 15.6. The summed E-state index contributed by atoms with van der Waals surface area (Å²) in [6.07, 6.45) is 3.86. The van der Waals surface area contributed by atoms with Crippen LogP contribution >= 0.6 is 0 Å². The largest absolute Gasteiger partial charge is 0.332 e. The molecule has 0 saturated heterocycles. The molecular formula is C14H18N4O3. The second-order valence-corrected chi connectivity index (χ2v) is 4.81. The molecule has 2 rings (SSSR count). The maximum Gasteiger partial charge on any atom is 0.332 e. The fourth-order valence-corrected chi connectivity index (χ4v) is 2.30. The van der Waals surface area contributed by atoms with E-state index in [0.29, 0.717) is 12.8 Å². The molecule has 112 valence electrons. The molecule has 0 fully saturated rings. The van der Waals surface area contributed by atoms with E-state index in [4.69, 9.17) is 0 Å². The van der Waals surface area contributed by atoms with Crippen LogP contribution in [0.4, 0.5) is 0 Å². The standard InChI is InChI=1S/C14H18N4O3/c1-4-6-8-18-12-11(13(20)16(3)14(18)21)17(7-5-2)10(9-19)15-12/h5,9H,2,4,6-8H2,1,3H3. The summed E-state index contributed by atoms with van der Waals surface area (Å²) in [4.78, 5) is 39.9. The number of aryl methyl sites for hydroxylation is 1. The molecule has 0 radical (unpaired) electrons. The molecule has 0 spiro atoms. The van der Waals surface area contributed by atoms with E-state index in [1.54, 1.807) is 6.08 Å². The van der Waals surface area contributed by atoms with Gasteiger partial charge in [-0.15, -0.1) is 6.58 Å². The molecule has 7 nitrogen and oxygen atoms in total. The maximum atomic E-state index is 12.3. The number of unbranched alkanes of at least 4 members (excludes halogenated alkanes) is 1. The van der Waals surface area contributed by atoms with Gasteiger partial charge in [-0.1, -0.05) is 19.4 Å². The third-order valence-electron chi connectivity index (χ3n) is 3.41. The van der Waals surface area contributed by atoms with Crippen LogP contribution in [0.2, 0.25) is 0 Å². The van der Waals surface area contributed by atoms with Crippen LogP contribution in [0.25, 0.3) is 11.2 Å². The lowest BCUT2D eigenvalue weighted by atomic mass is 10.3. The number of carbonyl (C=O) groups is 1. The van der Waals surface area contributed by atoms with E-state index in [2.05, 4.69) is 11.6 Å². The minimum absolute atomic E-state index is 0.123. The Hall–Kier alpha value is -2.44. The zero-order valence-electron chi connectivity index (χ0n) is 12.2. The molecule has 0 bridgehead atoms. The number of nitrogens with zero attached hydrogens (tertiary/aromatic N) is 4. The first kappa shape index (κ1) is 15.0. The van der Waals surface area contributed by atoms with Gasteiger partial charge in [0.15, 0.2) is 23.3 Å². The van der Waals surface area contributed by atoms with Crippen LogP contribution in [0, 0.1) is 0 Å². The van der Waals surface area contributed by atoms with E-state index in [1.807, 2.05) is 6.92 Å². The topological polar surface area (TPSA) is 78.9 Å². The Bertz CT molecular complexity index is 810. The molecule has 0 N–H and O–H groups in total. The highest BCUT2D eigenvalue weighted by Gasteiger charge is 2.19. The summed E-state index contributed by atoms with van der Waals surface area (Å²) in [5, 5.41) is 0. The van der Waals surface area contributed by atoms with Crippen LogP contribution in [0.15, 0.2) is 22.2 Å². The molecular weight excluding hydrogens is 272 g/mol. The normalized spacial score (nSPS) is 11.0. The minimum atomic E-state index is -0.454. The van der Waals surface area contributed by atoms with Crippen LogP contribution < -0.4 is 11.2 Å². The van der Waals surface area contributed by atoms with Gasteiger partial charge in [-0.3, -0.25) is 18.7 Å². The van der Waals surface area contributed by atoms with E-state index in [0.717, 1.165) is 17.4 Å². The Morgan fingerprint density at radius 3 is 2.57 bits per heavy atom. The van der Waals surface area contributed by atoms with Gasteiger partial charge in [0.2, 0.25) is 0 Å². The zero-order valence-corrected chi connectivity index (χ0v) is 12.2. The van der Waals surface area contributed by atoms with Crippen molar-refractivity contribution < 1.29 is 4.79 Å². The number of aldehydes is 1. The summed E-state index contributed by atoms with van der Waals surface area (Å²) in [5.74, 6) is 0.123. The van der Waals surface area contributed by atoms with Gasteiger partial charge in [-0.2, -0.15) is 0 Å². The molecule has 0 saturated carbocycles. The highest BCUT2D eigenvalue weighted by atomic mass is 16.2. The summed E-state index contributed by atoms with van der Waals surface area (Å²) < 4.78 is 3.99. The van der Waals surface area contributed by atoms with E-state index < -0.39 is 11.2 Å². The number of rotatable bonds is 6. The predicted octanol–water partition coefficient (Wildman–Crippen LogP) is 0.695. The highest BCUT2D eigenvalue weighted by Crippen LogP contribution is 2.11. The van der Waals surface area contributed by atoms with Crippen molar-refractivity contribution in [3.8, 4) is 0 Å². The molecule has 0 unspecified atom stereocenters. The number of allylic oxidation sites excluding steroid dienone is 1. The lowest BCUT2D eigenvalue weighted by Crippen LogP contribution is -2.38. The summed E-state index contributed by atoms with van der Waals surface area (Å²) in [5.41, 5.74) is -0.345. The van der Waals surface area contributed by atoms with Crippen molar-refractivity contribution in [3.05, 3.63) is 39.3 Å². The van der Waals surface area contributed by atoms with Crippen LogP contribution in [0.5, 0.6) is 0 Å². The van der Waals surface area contributed by atoms with Crippen LogP contribution in [0.1, 0.15) is 30.4 Å². The molecule has 0 aliphatic rings. The van der Waals surface area contributed by atoms with Crippen molar-refractivity contribution in [1.29, 1.82) is 0 Å².